The zero-order valence-electron chi connectivity index (χ0n) is 12.7. The highest BCUT2D eigenvalue weighted by Crippen LogP contribution is 2.29. The lowest BCUT2D eigenvalue weighted by molar-refractivity contribution is -0.147. The SMILES string of the molecule is CCOC(=O)CCCNC(=O)CN1CCC(C)(C(=O)O)C1. The normalized spacial score (nSPS) is 22.0. The third-order valence-corrected chi connectivity index (χ3v) is 3.62. The summed E-state index contributed by atoms with van der Waals surface area (Å²) in [5.41, 5.74) is -0.760. The number of aliphatic carboxylic acids is 1. The highest BCUT2D eigenvalue weighted by atomic mass is 16.5. The van der Waals surface area contributed by atoms with Crippen LogP contribution in [0, 0.1) is 5.41 Å². The number of carbonyl (C=O) groups excluding carboxylic acids is 2. The molecule has 1 saturated heterocycles. The molecule has 0 aromatic heterocycles. The van der Waals surface area contributed by atoms with Crippen molar-refractivity contribution < 1.29 is 24.2 Å². The first-order chi connectivity index (χ1) is 9.87. The van der Waals surface area contributed by atoms with Gasteiger partial charge < -0.3 is 15.2 Å². The summed E-state index contributed by atoms with van der Waals surface area (Å²) in [4.78, 5) is 35.8. The van der Waals surface area contributed by atoms with E-state index in [2.05, 4.69) is 5.32 Å². The zero-order valence-corrected chi connectivity index (χ0v) is 12.7. The fourth-order valence-corrected chi connectivity index (χ4v) is 2.32. The summed E-state index contributed by atoms with van der Waals surface area (Å²) in [5, 5.41) is 11.9. The molecule has 0 aliphatic carbocycles. The number of carboxylic acid groups (broad SMARTS) is 1. The summed E-state index contributed by atoms with van der Waals surface area (Å²) in [6.45, 7) is 5.43. The molecule has 0 spiro atoms. The number of amides is 1. The lowest BCUT2D eigenvalue weighted by Gasteiger charge is -2.19. The highest BCUT2D eigenvalue weighted by molar-refractivity contribution is 5.79. The molecule has 7 nitrogen and oxygen atoms in total. The quantitative estimate of drug-likeness (QED) is 0.492. The van der Waals surface area contributed by atoms with Gasteiger partial charge in [0.15, 0.2) is 0 Å². The number of rotatable bonds is 8. The minimum absolute atomic E-state index is 0.145. The van der Waals surface area contributed by atoms with Crippen molar-refractivity contribution in [2.45, 2.75) is 33.1 Å². The Labute approximate surface area is 124 Å². The molecule has 0 aromatic carbocycles. The van der Waals surface area contributed by atoms with Crippen molar-refractivity contribution in [2.24, 2.45) is 5.41 Å². The van der Waals surface area contributed by atoms with Gasteiger partial charge in [0.1, 0.15) is 0 Å². The van der Waals surface area contributed by atoms with Crippen molar-refractivity contribution in [2.75, 3.05) is 32.8 Å². The highest BCUT2D eigenvalue weighted by Gasteiger charge is 2.40. The minimum Gasteiger partial charge on any atom is -0.481 e. The summed E-state index contributed by atoms with van der Waals surface area (Å²) >= 11 is 0. The van der Waals surface area contributed by atoms with Crippen LogP contribution in [0.25, 0.3) is 0 Å². The van der Waals surface area contributed by atoms with Gasteiger partial charge in [-0.2, -0.15) is 0 Å². The summed E-state index contributed by atoms with van der Waals surface area (Å²) < 4.78 is 4.79. The summed E-state index contributed by atoms with van der Waals surface area (Å²) in [6.07, 6.45) is 1.38. The summed E-state index contributed by atoms with van der Waals surface area (Å²) in [6, 6.07) is 0. The van der Waals surface area contributed by atoms with Gasteiger partial charge in [-0.25, -0.2) is 0 Å². The van der Waals surface area contributed by atoms with Crippen molar-refractivity contribution in [3.8, 4) is 0 Å². The van der Waals surface area contributed by atoms with Crippen molar-refractivity contribution in [3.63, 3.8) is 0 Å². The van der Waals surface area contributed by atoms with Gasteiger partial charge >= 0.3 is 11.9 Å². The number of carboxylic acids is 1. The molecular formula is C14H24N2O5. The molecule has 1 aliphatic heterocycles. The standard InChI is InChI=1S/C14H24N2O5/c1-3-21-12(18)5-4-7-15-11(17)9-16-8-6-14(2,10-16)13(19)20/h3-10H2,1-2H3,(H,15,17)(H,19,20). The van der Waals surface area contributed by atoms with Gasteiger partial charge in [-0.1, -0.05) is 0 Å². The Balaban J connectivity index is 2.18. The first-order valence-corrected chi connectivity index (χ1v) is 7.25. The van der Waals surface area contributed by atoms with Crippen LogP contribution in [0.1, 0.15) is 33.1 Å². The fraction of sp³-hybridized carbons (Fsp3) is 0.786. The maximum Gasteiger partial charge on any atom is 0.310 e. The predicted octanol–water partition coefficient (Wildman–Crippen LogP) is 0.243. The Bertz CT molecular complexity index is 399. The molecule has 0 bridgehead atoms. The summed E-state index contributed by atoms with van der Waals surface area (Å²) in [5.74, 6) is -1.23. The minimum atomic E-state index is -0.820. The van der Waals surface area contributed by atoms with Crippen LogP contribution >= 0.6 is 0 Å². The number of carbonyl (C=O) groups is 3. The number of ether oxygens (including phenoxy) is 1. The third kappa shape index (κ3) is 5.71. The van der Waals surface area contributed by atoms with Crippen molar-refractivity contribution in [1.82, 2.24) is 10.2 Å². The zero-order chi connectivity index (χ0) is 15.9. The van der Waals surface area contributed by atoms with Crippen LogP contribution in [0.15, 0.2) is 0 Å². The Morgan fingerprint density at radius 2 is 2.10 bits per heavy atom. The number of nitrogens with zero attached hydrogens (tertiary/aromatic N) is 1. The molecular weight excluding hydrogens is 276 g/mol. The second-order valence-corrected chi connectivity index (χ2v) is 5.58. The Hall–Kier alpha value is -1.63. The average Bonchev–Trinajstić information content (AvgIpc) is 2.78. The molecule has 7 heteroatoms. The maximum atomic E-state index is 11.7. The van der Waals surface area contributed by atoms with E-state index in [0.29, 0.717) is 39.1 Å². The lowest BCUT2D eigenvalue weighted by atomic mass is 9.90. The van der Waals surface area contributed by atoms with Gasteiger partial charge in [0.2, 0.25) is 5.91 Å². The molecule has 21 heavy (non-hydrogen) atoms. The van der Waals surface area contributed by atoms with Gasteiger partial charge in [-0.05, 0) is 33.2 Å². The Kier molecular flexibility index (Phi) is 6.61. The molecule has 1 amide bonds. The largest absolute Gasteiger partial charge is 0.481 e. The van der Waals surface area contributed by atoms with Gasteiger partial charge in [0, 0.05) is 19.5 Å². The molecule has 1 atom stereocenters. The van der Waals surface area contributed by atoms with E-state index in [0.717, 1.165) is 0 Å². The van der Waals surface area contributed by atoms with E-state index in [1.54, 1.807) is 13.8 Å². The number of hydrogen-bond donors (Lipinski definition) is 2. The van der Waals surface area contributed by atoms with Crippen LogP contribution < -0.4 is 5.32 Å². The van der Waals surface area contributed by atoms with E-state index in [9.17, 15) is 14.4 Å². The second-order valence-electron chi connectivity index (χ2n) is 5.58. The maximum absolute atomic E-state index is 11.7. The molecule has 1 unspecified atom stereocenters. The van der Waals surface area contributed by atoms with E-state index in [1.807, 2.05) is 4.90 Å². The molecule has 1 aliphatic rings. The molecule has 0 saturated carbocycles. The first kappa shape index (κ1) is 17.4. The first-order valence-electron chi connectivity index (χ1n) is 7.25. The topological polar surface area (TPSA) is 95.9 Å². The molecule has 0 aromatic rings. The van der Waals surface area contributed by atoms with Gasteiger partial charge in [0.05, 0.1) is 18.6 Å². The van der Waals surface area contributed by atoms with Crippen molar-refractivity contribution in [1.29, 1.82) is 0 Å². The van der Waals surface area contributed by atoms with Crippen molar-refractivity contribution >= 4 is 17.8 Å². The van der Waals surface area contributed by atoms with Crippen LogP contribution in [-0.2, 0) is 19.1 Å². The fourth-order valence-electron chi connectivity index (χ4n) is 2.32. The Morgan fingerprint density at radius 3 is 2.67 bits per heavy atom. The van der Waals surface area contributed by atoms with Crippen LogP contribution in [-0.4, -0.2) is 60.6 Å². The predicted molar refractivity (Wildman–Crippen MR) is 75.7 cm³/mol. The molecule has 1 heterocycles. The number of esters is 1. The van der Waals surface area contributed by atoms with Crippen LogP contribution in [0.3, 0.4) is 0 Å². The molecule has 2 N–H and O–H groups in total. The molecule has 120 valence electrons. The number of hydrogen-bond acceptors (Lipinski definition) is 5. The lowest BCUT2D eigenvalue weighted by Crippen LogP contribution is -2.38. The molecule has 1 fully saturated rings. The molecule has 1 rings (SSSR count). The van der Waals surface area contributed by atoms with Gasteiger partial charge in [-0.3, -0.25) is 19.3 Å². The van der Waals surface area contributed by atoms with E-state index in [-0.39, 0.29) is 24.8 Å². The smallest absolute Gasteiger partial charge is 0.310 e. The van der Waals surface area contributed by atoms with Crippen LogP contribution in [0.4, 0.5) is 0 Å². The number of likely N-dealkylation sites (tertiary alicyclic amines) is 1. The average molecular weight is 300 g/mol. The van der Waals surface area contributed by atoms with E-state index in [4.69, 9.17) is 9.84 Å². The van der Waals surface area contributed by atoms with Crippen molar-refractivity contribution in [3.05, 3.63) is 0 Å². The number of nitrogens with one attached hydrogen (secondary N) is 1. The van der Waals surface area contributed by atoms with Crippen LogP contribution in [0.2, 0.25) is 0 Å². The van der Waals surface area contributed by atoms with E-state index in [1.165, 1.54) is 0 Å². The van der Waals surface area contributed by atoms with Gasteiger partial charge in [0.25, 0.3) is 0 Å². The van der Waals surface area contributed by atoms with Crippen LogP contribution in [0.5, 0.6) is 0 Å². The second kappa shape index (κ2) is 7.97. The third-order valence-electron chi connectivity index (χ3n) is 3.62. The molecule has 0 radical (unpaired) electrons. The summed E-state index contributed by atoms with van der Waals surface area (Å²) in [7, 11) is 0. The van der Waals surface area contributed by atoms with E-state index >= 15 is 0 Å². The Morgan fingerprint density at radius 1 is 1.38 bits per heavy atom. The monoisotopic (exact) mass is 300 g/mol. The van der Waals surface area contributed by atoms with Gasteiger partial charge in [-0.15, -0.1) is 0 Å². The van der Waals surface area contributed by atoms with E-state index < -0.39 is 11.4 Å².